The summed E-state index contributed by atoms with van der Waals surface area (Å²) in [5, 5.41) is 14.4. The van der Waals surface area contributed by atoms with Crippen molar-refractivity contribution in [3.05, 3.63) is 35.4 Å². The number of likely N-dealkylation sites (tertiary alicyclic amines) is 1. The molecule has 0 saturated carbocycles. The van der Waals surface area contributed by atoms with Gasteiger partial charge in [0, 0.05) is 19.1 Å². The fourth-order valence-corrected chi connectivity index (χ4v) is 2.89. The summed E-state index contributed by atoms with van der Waals surface area (Å²) in [6.45, 7) is 6.69. The molecule has 128 valence electrons. The number of aliphatic hydroxyl groups excluding tert-OH is 1. The van der Waals surface area contributed by atoms with E-state index in [1.165, 1.54) is 31.4 Å². The summed E-state index contributed by atoms with van der Waals surface area (Å²) < 4.78 is 0. The Bertz CT molecular complexity index is 490. The molecule has 5 nitrogen and oxygen atoms in total. The van der Waals surface area contributed by atoms with E-state index in [1.807, 2.05) is 0 Å². The Kier molecular flexibility index (Phi) is 6.86. The summed E-state index contributed by atoms with van der Waals surface area (Å²) in [6.07, 6.45) is 3.94. The molecule has 1 aromatic rings. The molecule has 23 heavy (non-hydrogen) atoms. The van der Waals surface area contributed by atoms with E-state index in [0.717, 1.165) is 12.1 Å². The van der Waals surface area contributed by atoms with Crippen LogP contribution in [0.2, 0.25) is 0 Å². The Labute approximate surface area is 139 Å². The van der Waals surface area contributed by atoms with Gasteiger partial charge in [0.05, 0.1) is 12.6 Å². The molecule has 2 rings (SSSR count). The van der Waals surface area contributed by atoms with Crippen molar-refractivity contribution in [3.8, 4) is 0 Å². The number of benzene rings is 1. The first-order chi connectivity index (χ1) is 11.1. The van der Waals surface area contributed by atoms with Gasteiger partial charge in [0.2, 0.25) is 0 Å². The molecule has 2 amide bonds. The number of piperidine rings is 1. The lowest BCUT2D eigenvalue weighted by molar-refractivity contribution is 0.152. The van der Waals surface area contributed by atoms with Gasteiger partial charge in [-0.2, -0.15) is 0 Å². The van der Waals surface area contributed by atoms with Gasteiger partial charge in [-0.05, 0) is 44.4 Å². The molecule has 2 atom stereocenters. The highest BCUT2D eigenvalue weighted by atomic mass is 16.3. The van der Waals surface area contributed by atoms with Crippen LogP contribution in [0.1, 0.15) is 44.2 Å². The average molecular weight is 319 g/mol. The zero-order valence-corrected chi connectivity index (χ0v) is 14.2. The van der Waals surface area contributed by atoms with Crippen LogP contribution in [0.5, 0.6) is 0 Å². The normalized spacial score (nSPS) is 20.0. The number of hydrogen-bond donors (Lipinski definition) is 3. The lowest BCUT2D eigenvalue weighted by Gasteiger charge is -2.33. The highest BCUT2D eigenvalue weighted by Crippen LogP contribution is 2.19. The predicted octanol–water partition coefficient (Wildman–Crippen LogP) is 2.24. The third kappa shape index (κ3) is 5.84. The second kappa shape index (κ2) is 8.89. The van der Waals surface area contributed by atoms with E-state index in [2.05, 4.69) is 46.7 Å². The Balaban J connectivity index is 1.79. The van der Waals surface area contributed by atoms with Crippen LogP contribution in [0.25, 0.3) is 0 Å². The molecule has 1 aliphatic heterocycles. The SMILES string of the molecule is CC(CO)NC(=O)NCc1ccc(CN2CCCCC2C)cc1. The van der Waals surface area contributed by atoms with Crippen molar-refractivity contribution in [1.82, 2.24) is 15.5 Å². The minimum absolute atomic E-state index is 0.0585. The monoisotopic (exact) mass is 319 g/mol. The van der Waals surface area contributed by atoms with Crippen LogP contribution in [0.3, 0.4) is 0 Å². The van der Waals surface area contributed by atoms with Gasteiger partial charge in [0.25, 0.3) is 0 Å². The van der Waals surface area contributed by atoms with Crippen LogP contribution in [0.4, 0.5) is 4.79 Å². The maximum atomic E-state index is 11.6. The maximum absolute atomic E-state index is 11.6. The highest BCUT2D eigenvalue weighted by Gasteiger charge is 2.17. The Morgan fingerprint density at radius 1 is 1.30 bits per heavy atom. The van der Waals surface area contributed by atoms with Crippen molar-refractivity contribution in [3.63, 3.8) is 0 Å². The number of aliphatic hydroxyl groups is 1. The number of nitrogens with one attached hydrogen (secondary N) is 2. The molecule has 0 bridgehead atoms. The largest absolute Gasteiger partial charge is 0.394 e. The predicted molar refractivity (Wildman–Crippen MR) is 92.1 cm³/mol. The van der Waals surface area contributed by atoms with E-state index in [-0.39, 0.29) is 18.7 Å². The van der Waals surface area contributed by atoms with E-state index < -0.39 is 0 Å². The van der Waals surface area contributed by atoms with Crippen LogP contribution in [-0.2, 0) is 13.1 Å². The van der Waals surface area contributed by atoms with E-state index in [4.69, 9.17) is 5.11 Å². The summed E-state index contributed by atoms with van der Waals surface area (Å²) >= 11 is 0. The second-order valence-corrected chi connectivity index (χ2v) is 6.54. The Hall–Kier alpha value is -1.59. The summed E-state index contributed by atoms with van der Waals surface area (Å²) in [6, 6.07) is 8.61. The van der Waals surface area contributed by atoms with Crippen molar-refractivity contribution < 1.29 is 9.90 Å². The first-order valence-corrected chi connectivity index (χ1v) is 8.55. The van der Waals surface area contributed by atoms with Crippen LogP contribution in [-0.4, -0.2) is 41.3 Å². The maximum Gasteiger partial charge on any atom is 0.315 e. The molecule has 2 unspecified atom stereocenters. The standard InChI is InChI=1S/C18H29N3O2/c1-14(13-22)20-18(23)19-11-16-6-8-17(9-7-16)12-21-10-4-3-5-15(21)2/h6-9,14-15,22H,3-5,10-13H2,1-2H3,(H2,19,20,23). The molecule has 1 saturated heterocycles. The molecular formula is C18H29N3O2. The number of carbonyl (C=O) groups excluding carboxylic acids is 1. The lowest BCUT2D eigenvalue weighted by atomic mass is 10.0. The zero-order valence-electron chi connectivity index (χ0n) is 14.2. The first-order valence-electron chi connectivity index (χ1n) is 8.55. The van der Waals surface area contributed by atoms with Gasteiger partial charge in [-0.3, -0.25) is 4.90 Å². The van der Waals surface area contributed by atoms with Crippen molar-refractivity contribution in [2.45, 2.75) is 58.3 Å². The molecule has 0 radical (unpaired) electrons. The van der Waals surface area contributed by atoms with Gasteiger partial charge in [0.1, 0.15) is 0 Å². The number of amides is 2. The Morgan fingerprint density at radius 3 is 2.65 bits per heavy atom. The van der Waals surface area contributed by atoms with Gasteiger partial charge in [-0.15, -0.1) is 0 Å². The summed E-state index contributed by atoms with van der Waals surface area (Å²) in [7, 11) is 0. The van der Waals surface area contributed by atoms with Gasteiger partial charge in [-0.1, -0.05) is 30.7 Å². The molecule has 1 heterocycles. The molecule has 0 aliphatic carbocycles. The Morgan fingerprint density at radius 2 is 2.00 bits per heavy atom. The molecule has 1 fully saturated rings. The quantitative estimate of drug-likeness (QED) is 0.753. The van der Waals surface area contributed by atoms with Crippen LogP contribution in [0, 0.1) is 0 Å². The van der Waals surface area contributed by atoms with E-state index in [1.54, 1.807) is 6.92 Å². The van der Waals surface area contributed by atoms with Crippen molar-refractivity contribution in [2.24, 2.45) is 0 Å². The minimum Gasteiger partial charge on any atom is -0.394 e. The third-order valence-electron chi connectivity index (χ3n) is 4.45. The van der Waals surface area contributed by atoms with E-state index in [9.17, 15) is 4.79 Å². The number of urea groups is 1. The number of hydrogen-bond acceptors (Lipinski definition) is 3. The van der Waals surface area contributed by atoms with Crippen molar-refractivity contribution in [2.75, 3.05) is 13.2 Å². The van der Waals surface area contributed by atoms with Crippen molar-refractivity contribution >= 4 is 6.03 Å². The van der Waals surface area contributed by atoms with Crippen LogP contribution >= 0.6 is 0 Å². The number of nitrogens with zero attached hydrogens (tertiary/aromatic N) is 1. The smallest absolute Gasteiger partial charge is 0.315 e. The third-order valence-corrected chi connectivity index (χ3v) is 4.45. The van der Waals surface area contributed by atoms with Crippen LogP contribution < -0.4 is 10.6 Å². The second-order valence-electron chi connectivity index (χ2n) is 6.54. The number of carbonyl (C=O) groups is 1. The molecule has 0 spiro atoms. The first kappa shape index (κ1) is 17.8. The van der Waals surface area contributed by atoms with E-state index in [0.29, 0.717) is 12.6 Å². The fourth-order valence-electron chi connectivity index (χ4n) is 2.89. The minimum atomic E-state index is -0.252. The van der Waals surface area contributed by atoms with Gasteiger partial charge in [0.15, 0.2) is 0 Å². The molecule has 5 heteroatoms. The molecular weight excluding hydrogens is 290 g/mol. The van der Waals surface area contributed by atoms with E-state index >= 15 is 0 Å². The van der Waals surface area contributed by atoms with Gasteiger partial charge >= 0.3 is 6.03 Å². The lowest BCUT2D eigenvalue weighted by Crippen LogP contribution is -2.41. The summed E-state index contributed by atoms with van der Waals surface area (Å²) in [5.41, 5.74) is 2.40. The van der Waals surface area contributed by atoms with Gasteiger partial charge in [-0.25, -0.2) is 4.79 Å². The topological polar surface area (TPSA) is 64.6 Å². The van der Waals surface area contributed by atoms with Gasteiger partial charge < -0.3 is 15.7 Å². The molecule has 0 aromatic heterocycles. The zero-order chi connectivity index (χ0) is 16.7. The summed E-state index contributed by atoms with van der Waals surface area (Å²) in [5.74, 6) is 0. The van der Waals surface area contributed by atoms with Crippen LogP contribution in [0.15, 0.2) is 24.3 Å². The number of rotatable bonds is 6. The summed E-state index contributed by atoms with van der Waals surface area (Å²) in [4.78, 5) is 14.2. The average Bonchev–Trinajstić information content (AvgIpc) is 2.56. The molecule has 1 aliphatic rings. The molecule has 1 aromatic carbocycles. The fraction of sp³-hybridized carbons (Fsp3) is 0.611. The molecule has 3 N–H and O–H groups in total. The highest BCUT2D eigenvalue weighted by molar-refractivity contribution is 5.74. The van der Waals surface area contributed by atoms with Crippen molar-refractivity contribution in [1.29, 1.82) is 0 Å².